The molecule has 2 aromatic carbocycles. The Kier molecular flexibility index (Phi) is 4.07. The van der Waals surface area contributed by atoms with Gasteiger partial charge in [-0.2, -0.15) is 0 Å². The summed E-state index contributed by atoms with van der Waals surface area (Å²) < 4.78 is 1.62. The highest BCUT2D eigenvalue weighted by Crippen LogP contribution is 2.41. The number of fused-ring (bicyclic) bond motifs is 3. The van der Waals surface area contributed by atoms with Crippen LogP contribution in [0.3, 0.4) is 0 Å². The maximum Gasteiger partial charge on any atom is 0.321 e. The van der Waals surface area contributed by atoms with Crippen LogP contribution in [0.1, 0.15) is 33.6 Å². The number of nitrogens with zero attached hydrogens (tertiary/aromatic N) is 1. The highest BCUT2D eigenvalue weighted by molar-refractivity contribution is 6.05. The molecule has 1 aliphatic carbocycles. The number of carbonyl (C=O) groups excluding carboxylic acids is 1. The van der Waals surface area contributed by atoms with Crippen molar-refractivity contribution in [3.63, 3.8) is 0 Å². The number of aromatic nitrogens is 1. The molecule has 0 unspecified atom stereocenters. The number of aliphatic carboxylic acids is 2. The van der Waals surface area contributed by atoms with Gasteiger partial charge in [0.25, 0.3) is 5.91 Å². The van der Waals surface area contributed by atoms with Gasteiger partial charge >= 0.3 is 11.9 Å². The van der Waals surface area contributed by atoms with E-state index in [1.807, 2.05) is 31.2 Å². The quantitative estimate of drug-likeness (QED) is 0.683. The van der Waals surface area contributed by atoms with Crippen LogP contribution in [-0.4, -0.2) is 32.6 Å². The monoisotopic (exact) mass is 377 g/mol. The predicted molar refractivity (Wildman–Crippen MR) is 103 cm³/mol. The first-order valence-electron chi connectivity index (χ1n) is 9.04. The molecule has 0 saturated carbocycles. The first-order chi connectivity index (χ1) is 13.3. The van der Waals surface area contributed by atoms with Gasteiger partial charge in [0.15, 0.2) is 5.41 Å². The van der Waals surface area contributed by atoms with E-state index in [1.54, 1.807) is 28.8 Å². The number of carboxylic acid groups (broad SMARTS) is 2. The van der Waals surface area contributed by atoms with E-state index in [4.69, 9.17) is 0 Å². The lowest BCUT2D eigenvalue weighted by molar-refractivity contribution is -0.165. The van der Waals surface area contributed by atoms with Crippen molar-refractivity contribution in [2.45, 2.75) is 26.2 Å². The van der Waals surface area contributed by atoms with Crippen LogP contribution in [0.25, 0.3) is 10.9 Å². The minimum Gasteiger partial charge on any atom is -0.480 e. The van der Waals surface area contributed by atoms with E-state index in [1.165, 1.54) is 0 Å². The summed E-state index contributed by atoms with van der Waals surface area (Å²) in [4.78, 5) is 36.9. The summed E-state index contributed by atoms with van der Waals surface area (Å²) in [7, 11) is 0. The lowest BCUT2D eigenvalue weighted by atomic mass is 9.72. The Morgan fingerprint density at radius 1 is 1.00 bits per heavy atom. The predicted octanol–water partition coefficient (Wildman–Crippen LogP) is 3.28. The first kappa shape index (κ1) is 18.0. The summed E-state index contributed by atoms with van der Waals surface area (Å²) in [5, 5.41) is 20.0. The molecule has 0 amide bonds. The van der Waals surface area contributed by atoms with Gasteiger partial charge in [0, 0.05) is 23.1 Å². The summed E-state index contributed by atoms with van der Waals surface area (Å²) in [6.45, 7) is 1.91. The van der Waals surface area contributed by atoms with Gasteiger partial charge in [-0.05, 0) is 49.6 Å². The molecule has 2 N–H and O–H groups in total. The average molecular weight is 377 g/mol. The summed E-state index contributed by atoms with van der Waals surface area (Å²) in [5.74, 6) is -2.88. The van der Waals surface area contributed by atoms with E-state index in [-0.39, 0.29) is 25.2 Å². The van der Waals surface area contributed by atoms with Crippen molar-refractivity contribution in [3.8, 4) is 0 Å². The van der Waals surface area contributed by atoms with Gasteiger partial charge in [-0.25, -0.2) is 0 Å². The standard InChI is InChI=1S/C22H19NO5/c1-13-7-8-17-15(11-13)16-12-22(20(25)26,21(27)28)10-9-18(16)23(17)19(24)14-5-3-2-4-6-14/h2-8,11H,9-10,12H2,1H3,(H,25,26)(H,27,28). The van der Waals surface area contributed by atoms with Crippen LogP contribution in [0.15, 0.2) is 48.5 Å². The number of carboxylic acids is 2. The van der Waals surface area contributed by atoms with E-state index in [9.17, 15) is 24.6 Å². The molecule has 0 saturated heterocycles. The molecular weight excluding hydrogens is 358 g/mol. The zero-order valence-electron chi connectivity index (χ0n) is 15.3. The summed E-state index contributed by atoms with van der Waals surface area (Å²) >= 11 is 0. The van der Waals surface area contributed by atoms with Crippen molar-refractivity contribution in [3.05, 3.63) is 70.9 Å². The molecule has 3 aromatic rings. The summed E-state index contributed by atoms with van der Waals surface area (Å²) in [5.41, 5.74) is 1.63. The average Bonchev–Trinajstić information content (AvgIpc) is 3.00. The fourth-order valence-electron chi connectivity index (χ4n) is 4.10. The van der Waals surface area contributed by atoms with Crippen LogP contribution in [0.2, 0.25) is 0 Å². The minimum absolute atomic E-state index is 0.0535. The highest BCUT2D eigenvalue weighted by Gasteiger charge is 2.50. The number of aryl methyl sites for hydroxylation is 1. The number of rotatable bonds is 3. The van der Waals surface area contributed by atoms with Crippen molar-refractivity contribution in [2.24, 2.45) is 5.41 Å². The zero-order valence-corrected chi connectivity index (χ0v) is 15.3. The number of benzene rings is 2. The van der Waals surface area contributed by atoms with Crippen molar-refractivity contribution in [1.82, 2.24) is 4.57 Å². The Balaban J connectivity index is 1.97. The second kappa shape index (κ2) is 6.34. The molecule has 6 heteroatoms. The second-order valence-electron chi connectivity index (χ2n) is 7.32. The highest BCUT2D eigenvalue weighted by atomic mass is 16.4. The topological polar surface area (TPSA) is 96.6 Å². The fourth-order valence-corrected chi connectivity index (χ4v) is 4.10. The van der Waals surface area contributed by atoms with Crippen LogP contribution < -0.4 is 0 Å². The minimum atomic E-state index is -1.87. The van der Waals surface area contributed by atoms with Crippen LogP contribution in [0.4, 0.5) is 0 Å². The summed E-state index contributed by atoms with van der Waals surface area (Å²) in [6, 6.07) is 14.5. The number of carbonyl (C=O) groups is 3. The molecule has 0 aliphatic heterocycles. The number of hydrogen-bond donors (Lipinski definition) is 2. The van der Waals surface area contributed by atoms with Crippen LogP contribution >= 0.6 is 0 Å². The van der Waals surface area contributed by atoms with Crippen LogP contribution in [-0.2, 0) is 22.4 Å². The zero-order chi connectivity index (χ0) is 20.1. The Labute approximate surface area is 161 Å². The Bertz CT molecular complexity index is 1110. The maximum atomic E-state index is 13.2. The van der Waals surface area contributed by atoms with E-state index >= 15 is 0 Å². The molecule has 6 nitrogen and oxygen atoms in total. The number of hydrogen-bond acceptors (Lipinski definition) is 3. The molecule has 1 heterocycles. The normalized spacial score (nSPS) is 15.2. The van der Waals surface area contributed by atoms with Gasteiger partial charge in [0.05, 0.1) is 5.52 Å². The third-order valence-electron chi connectivity index (χ3n) is 5.65. The van der Waals surface area contributed by atoms with E-state index in [0.717, 1.165) is 10.9 Å². The van der Waals surface area contributed by atoms with E-state index in [2.05, 4.69) is 0 Å². The molecule has 0 bridgehead atoms. The largest absolute Gasteiger partial charge is 0.480 e. The lowest BCUT2D eigenvalue weighted by Gasteiger charge is -2.29. The van der Waals surface area contributed by atoms with Crippen molar-refractivity contribution >= 4 is 28.7 Å². The molecular formula is C22H19NO5. The molecule has 1 aliphatic rings. The molecule has 1 aromatic heterocycles. The van der Waals surface area contributed by atoms with Crippen molar-refractivity contribution in [1.29, 1.82) is 0 Å². The van der Waals surface area contributed by atoms with Crippen LogP contribution in [0, 0.1) is 12.3 Å². The Hall–Kier alpha value is -3.41. The van der Waals surface area contributed by atoms with Gasteiger partial charge in [0.1, 0.15) is 0 Å². The first-order valence-corrected chi connectivity index (χ1v) is 9.04. The molecule has 28 heavy (non-hydrogen) atoms. The molecule has 4 rings (SSSR count). The summed E-state index contributed by atoms with van der Waals surface area (Å²) in [6.07, 6.45) is 0.0182. The van der Waals surface area contributed by atoms with Gasteiger partial charge in [-0.3, -0.25) is 19.0 Å². The fraction of sp³-hybridized carbons (Fsp3) is 0.227. The van der Waals surface area contributed by atoms with Crippen LogP contribution in [0.5, 0.6) is 0 Å². The SMILES string of the molecule is Cc1ccc2c(c1)c1c(n2C(=O)c2ccccc2)CCC(C(=O)O)(C(=O)O)C1. The van der Waals surface area contributed by atoms with E-state index in [0.29, 0.717) is 22.3 Å². The van der Waals surface area contributed by atoms with Gasteiger partial charge in [-0.15, -0.1) is 0 Å². The Morgan fingerprint density at radius 2 is 1.68 bits per heavy atom. The van der Waals surface area contributed by atoms with Gasteiger partial charge < -0.3 is 10.2 Å². The van der Waals surface area contributed by atoms with Gasteiger partial charge in [0.2, 0.25) is 0 Å². The molecule has 0 fully saturated rings. The van der Waals surface area contributed by atoms with Crippen molar-refractivity contribution in [2.75, 3.05) is 0 Å². The second-order valence-corrected chi connectivity index (χ2v) is 7.32. The smallest absolute Gasteiger partial charge is 0.321 e. The molecule has 142 valence electrons. The molecule has 0 atom stereocenters. The lowest BCUT2D eigenvalue weighted by Crippen LogP contribution is -2.44. The molecule has 0 spiro atoms. The van der Waals surface area contributed by atoms with Gasteiger partial charge in [-0.1, -0.05) is 29.8 Å². The third kappa shape index (κ3) is 2.52. The maximum absolute atomic E-state index is 13.2. The molecule has 0 radical (unpaired) electrons. The van der Waals surface area contributed by atoms with Crippen molar-refractivity contribution < 1.29 is 24.6 Å². The third-order valence-corrected chi connectivity index (χ3v) is 5.65. The Morgan fingerprint density at radius 3 is 2.32 bits per heavy atom. The van der Waals surface area contributed by atoms with E-state index < -0.39 is 17.4 Å².